The predicted molar refractivity (Wildman–Crippen MR) is 86.9 cm³/mol. The highest BCUT2D eigenvalue weighted by Gasteiger charge is 1.98. The number of sulfonamides is 1. The van der Waals surface area contributed by atoms with Gasteiger partial charge in [-0.2, -0.15) is 0 Å². The van der Waals surface area contributed by atoms with Gasteiger partial charge < -0.3 is 11.1 Å². The lowest BCUT2D eigenvalue weighted by Crippen LogP contribution is -2.38. The number of unbranched alkanes of at least 4 members (excludes halogenated alkanes) is 3. The van der Waals surface area contributed by atoms with Crippen molar-refractivity contribution in [1.29, 1.82) is 0 Å². The second-order valence-corrected chi connectivity index (χ2v) is 5.75. The van der Waals surface area contributed by atoms with Crippen LogP contribution in [0.5, 0.6) is 0 Å². The van der Waals surface area contributed by atoms with Crippen molar-refractivity contribution in [2.24, 2.45) is 10.7 Å². The summed E-state index contributed by atoms with van der Waals surface area (Å²) in [5, 5.41) is 2.85. The van der Waals surface area contributed by atoms with Crippen LogP contribution in [-0.4, -0.2) is 40.3 Å². The van der Waals surface area contributed by atoms with Gasteiger partial charge in [-0.1, -0.05) is 26.2 Å². The Hall–Kier alpha value is -0.0900. The largest absolute Gasteiger partial charge is 0.370 e. The fourth-order valence-electron chi connectivity index (χ4n) is 1.22. The van der Waals surface area contributed by atoms with Crippen molar-refractivity contribution in [3.8, 4) is 0 Å². The molecule has 0 aromatic rings. The third kappa shape index (κ3) is 15.9. The first-order valence-corrected chi connectivity index (χ1v) is 7.83. The zero-order valence-electron chi connectivity index (χ0n) is 11.1. The standard InChI is InChI=1S/C10H24N4O2S.HI/c1-3-4-5-6-7-12-10(11)13-8-9-14-17(2,15)16;/h14H,3-9H2,1-2H3,(H3,11,12,13);1H. The number of guanidine groups is 1. The molecule has 0 saturated heterocycles. The Balaban J connectivity index is 0. The molecule has 0 bridgehead atoms. The molecule has 8 heteroatoms. The van der Waals surface area contributed by atoms with Crippen molar-refractivity contribution in [2.45, 2.75) is 32.6 Å². The lowest BCUT2D eigenvalue weighted by Gasteiger charge is -2.05. The maximum atomic E-state index is 10.7. The number of aliphatic imine (C=N–C) groups is 1. The smallest absolute Gasteiger partial charge is 0.208 e. The zero-order chi connectivity index (χ0) is 13.1. The van der Waals surface area contributed by atoms with Gasteiger partial charge in [0.2, 0.25) is 10.0 Å². The number of halogens is 1. The van der Waals surface area contributed by atoms with Crippen LogP contribution in [0.1, 0.15) is 32.6 Å². The van der Waals surface area contributed by atoms with Crippen LogP contribution in [0.3, 0.4) is 0 Å². The second-order valence-electron chi connectivity index (χ2n) is 3.92. The molecule has 110 valence electrons. The lowest BCUT2D eigenvalue weighted by molar-refractivity contribution is 0.587. The van der Waals surface area contributed by atoms with E-state index < -0.39 is 10.0 Å². The summed E-state index contributed by atoms with van der Waals surface area (Å²) < 4.78 is 23.9. The summed E-state index contributed by atoms with van der Waals surface area (Å²) >= 11 is 0. The van der Waals surface area contributed by atoms with E-state index in [1.807, 2.05) is 0 Å². The fourth-order valence-corrected chi connectivity index (χ4v) is 1.69. The molecular formula is C10H25IN4O2S. The summed E-state index contributed by atoms with van der Waals surface area (Å²) in [5.41, 5.74) is 5.60. The fraction of sp³-hybridized carbons (Fsp3) is 0.900. The van der Waals surface area contributed by atoms with E-state index in [1.165, 1.54) is 19.3 Å². The number of nitrogens with one attached hydrogen (secondary N) is 2. The summed E-state index contributed by atoms with van der Waals surface area (Å²) in [5.74, 6) is 0.372. The summed E-state index contributed by atoms with van der Waals surface area (Å²) in [4.78, 5) is 4.14. The number of rotatable bonds is 9. The molecule has 0 saturated carbocycles. The molecule has 6 nitrogen and oxygen atoms in total. The Morgan fingerprint density at radius 1 is 1.22 bits per heavy atom. The first kappa shape index (κ1) is 20.2. The van der Waals surface area contributed by atoms with Gasteiger partial charge in [0.25, 0.3) is 0 Å². The van der Waals surface area contributed by atoms with Crippen molar-refractivity contribution < 1.29 is 8.42 Å². The maximum Gasteiger partial charge on any atom is 0.208 e. The van der Waals surface area contributed by atoms with E-state index in [9.17, 15) is 8.42 Å². The van der Waals surface area contributed by atoms with E-state index >= 15 is 0 Å². The van der Waals surface area contributed by atoms with E-state index in [4.69, 9.17) is 5.73 Å². The first-order chi connectivity index (χ1) is 7.95. The van der Waals surface area contributed by atoms with Crippen molar-refractivity contribution in [3.63, 3.8) is 0 Å². The average Bonchev–Trinajstić information content (AvgIpc) is 2.23. The molecule has 18 heavy (non-hydrogen) atoms. The summed E-state index contributed by atoms with van der Waals surface area (Å²) in [6.07, 6.45) is 5.76. The van der Waals surface area contributed by atoms with Gasteiger partial charge in [-0.25, -0.2) is 13.1 Å². The van der Waals surface area contributed by atoms with Gasteiger partial charge in [-0.05, 0) is 6.42 Å². The molecule has 0 aliphatic rings. The molecule has 0 aliphatic heterocycles. The second kappa shape index (κ2) is 12.0. The highest BCUT2D eigenvalue weighted by molar-refractivity contribution is 14.0. The van der Waals surface area contributed by atoms with Crippen molar-refractivity contribution in [3.05, 3.63) is 0 Å². The summed E-state index contributed by atoms with van der Waals surface area (Å²) in [6, 6.07) is 0. The van der Waals surface area contributed by atoms with Gasteiger partial charge in [-0.15, -0.1) is 24.0 Å². The van der Waals surface area contributed by atoms with Crippen LogP contribution in [0, 0.1) is 0 Å². The SMILES string of the molecule is CCCCCCN=C(N)NCCNS(C)(=O)=O.I. The van der Waals surface area contributed by atoms with E-state index in [0.717, 1.165) is 19.2 Å². The molecule has 0 rings (SSSR count). The molecule has 0 amide bonds. The van der Waals surface area contributed by atoms with Gasteiger partial charge >= 0.3 is 0 Å². The molecule has 4 N–H and O–H groups in total. The van der Waals surface area contributed by atoms with Crippen LogP contribution < -0.4 is 15.8 Å². The molecule has 0 aliphatic carbocycles. The highest BCUT2D eigenvalue weighted by Crippen LogP contribution is 1.98. The summed E-state index contributed by atoms with van der Waals surface area (Å²) in [7, 11) is -3.12. The van der Waals surface area contributed by atoms with E-state index in [0.29, 0.717) is 19.0 Å². The Kier molecular flexibility index (Phi) is 13.5. The van der Waals surface area contributed by atoms with Crippen LogP contribution in [-0.2, 0) is 10.0 Å². The predicted octanol–water partition coefficient (Wildman–Crippen LogP) is 0.638. The van der Waals surface area contributed by atoms with Gasteiger partial charge in [-0.3, -0.25) is 4.99 Å². The van der Waals surface area contributed by atoms with E-state index in [2.05, 4.69) is 22.0 Å². The number of hydrogen-bond acceptors (Lipinski definition) is 3. The monoisotopic (exact) mass is 392 g/mol. The topological polar surface area (TPSA) is 96.6 Å². The van der Waals surface area contributed by atoms with Gasteiger partial charge in [0.1, 0.15) is 0 Å². The van der Waals surface area contributed by atoms with E-state index in [1.54, 1.807) is 0 Å². The van der Waals surface area contributed by atoms with Crippen LogP contribution >= 0.6 is 24.0 Å². The molecule has 0 unspecified atom stereocenters. The molecule has 0 spiro atoms. The van der Waals surface area contributed by atoms with Crippen molar-refractivity contribution in [1.82, 2.24) is 10.0 Å². The minimum Gasteiger partial charge on any atom is -0.370 e. The van der Waals surface area contributed by atoms with Crippen molar-refractivity contribution in [2.75, 3.05) is 25.9 Å². The number of nitrogens with zero attached hydrogens (tertiary/aromatic N) is 1. The Morgan fingerprint density at radius 3 is 2.44 bits per heavy atom. The van der Waals surface area contributed by atoms with Crippen LogP contribution in [0.4, 0.5) is 0 Å². The average molecular weight is 392 g/mol. The normalized spacial score (nSPS) is 12.0. The Morgan fingerprint density at radius 2 is 1.89 bits per heavy atom. The molecule has 0 aromatic heterocycles. The van der Waals surface area contributed by atoms with Crippen LogP contribution in [0.15, 0.2) is 4.99 Å². The van der Waals surface area contributed by atoms with Gasteiger partial charge in [0.15, 0.2) is 5.96 Å². The highest BCUT2D eigenvalue weighted by atomic mass is 127. The third-order valence-electron chi connectivity index (χ3n) is 2.09. The van der Waals surface area contributed by atoms with Gasteiger partial charge in [0.05, 0.1) is 6.26 Å². The molecular weight excluding hydrogens is 367 g/mol. The minimum atomic E-state index is -3.12. The van der Waals surface area contributed by atoms with Crippen molar-refractivity contribution >= 4 is 40.0 Å². The Labute approximate surface area is 127 Å². The first-order valence-electron chi connectivity index (χ1n) is 5.94. The maximum absolute atomic E-state index is 10.7. The molecule has 0 atom stereocenters. The quantitative estimate of drug-likeness (QED) is 0.232. The zero-order valence-corrected chi connectivity index (χ0v) is 14.3. The number of nitrogens with two attached hydrogens (primary N) is 1. The molecule has 0 fully saturated rings. The molecule has 0 aromatic carbocycles. The molecule has 0 heterocycles. The minimum absolute atomic E-state index is 0. The van der Waals surface area contributed by atoms with Crippen LogP contribution in [0.2, 0.25) is 0 Å². The lowest BCUT2D eigenvalue weighted by atomic mass is 10.2. The van der Waals surface area contributed by atoms with Crippen LogP contribution in [0.25, 0.3) is 0 Å². The van der Waals surface area contributed by atoms with Gasteiger partial charge in [0, 0.05) is 19.6 Å². The number of hydrogen-bond donors (Lipinski definition) is 3. The summed E-state index contributed by atoms with van der Waals surface area (Å²) in [6.45, 7) is 3.63. The molecule has 0 radical (unpaired) electrons. The Bertz CT molecular complexity index is 320. The third-order valence-corrected chi connectivity index (χ3v) is 2.82. The van der Waals surface area contributed by atoms with E-state index in [-0.39, 0.29) is 24.0 Å².